The molecular weight excluding hydrogens is 496 g/mol. The van der Waals surface area contributed by atoms with E-state index in [1.807, 2.05) is 80.6 Å². The van der Waals surface area contributed by atoms with Crippen LogP contribution < -0.4 is 10.1 Å². The maximum absolute atomic E-state index is 13.8. The fraction of sp³-hybridized carbons (Fsp3) is 0.375. The van der Waals surface area contributed by atoms with Gasteiger partial charge in [-0.15, -0.1) is 0 Å². The lowest BCUT2D eigenvalue weighted by Gasteiger charge is -2.33. The zero-order valence-electron chi connectivity index (χ0n) is 22.3. The van der Waals surface area contributed by atoms with Gasteiger partial charge in [0.05, 0.1) is 0 Å². The van der Waals surface area contributed by atoms with Gasteiger partial charge in [-0.2, -0.15) is 0 Å². The van der Waals surface area contributed by atoms with E-state index in [2.05, 4.69) is 5.32 Å². The lowest BCUT2D eigenvalue weighted by molar-refractivity contribution is -0.143. The van der Waals surface area contributed by atoms with Crippen molar-refractivity contribution in [3.63, 3.8) is 0 Å². The molecule has 0 radical (unpaired) electrons. The van der Waals surface area contributed by atoms with Crippen molar-refractivity contribution in [2.24, 2.45) is 0 Å². The van der Waals surface area contributed by atoms with Gasteiger partial charge >= 0.3 is 0 Å². The third-order valence-corrected chi connectivity index (χ3v) is 7.61. The summed E-state index contributed by atoms with van der Waals surface area (Å²) in [4.78, 5) is 29.3. The summed E-state index contributed by atoms with van der Waals surface area (Å²) in [7, 11) is 0. The highest BCUT2D eigenvalue weighted by atomic mass is 35.5. The van der Waals surface area contributed by atoms with Gasteiger partial charge in [0, 0.05) is 24.0 Å². The second-order valence-electron chi connectivity index (χ2n) is 10.2. The maximum Gasteiger partial charge on any atom is 0.261 e. The van der Waals surface area contributed by atoms with E-state index < -0.39 is 6.04 Å². The van der Waals surface area contributed by atoms with Crippen molar-refractivity contribution >= 4 is 23.4 Å². The Morgan fingerprint density at radius 2 is 1.66 bits per heavy atom. The zero-order chi connectivity index (χ0) is 26.9. The van der Waals surface area contributed by atoms with Gasteiger partial charge < -0.3 is 15.0 Å². The molecule has 6 heteroatoms. The molecule has 1 aliphatic rings. The van der Waals surface area contributed by atoms with Crippen LogP contribution in [0.5, 0.6) is 5.75 Å². The molecule has 0 aromatic heterocycles. The van der Waals surface area contributed by atoms with Crippen LogP contribution in [-0.4, -0.2) is 35.4 Å². The number of hydrogen-bond donors (Lipinski definition) is 1. The van der Waals surface area contributed by atoms with Crippen LogP contribution in [0, 0.1) is 13.8 Å². The van der Waals surface area contributed by atoms with Crippen molar-refractivity contribution in [2.45, 2.75) is 71.0 Å². The Bertz CT molecular complexity index is 1220. The fourth-order valence-electron chi connectivity index (χ4n) is 5.03. The zero-order valence-corrected chi connectivity index (χ0v) is 23.0. The number of nitrogens with zero attached hydrogens (tertiary/aromatic N) is 1. The standard InChI is InChI=1S/C32H37ClN2O3/c1-23-11-9-18-30(24(23)2)38-22-31(36)35(21-26-14-10-15-27(33)19-26)29(20-25-12-5-3-6-13-25)32(37)34-28-16-7-4-8-17-28/h3,5-6,9-15,18-19,28-29H,4,7-8,16-17,20-22H2,1-2H3,(H,34,37). The van der Waals surface area contributed by atoms with Gasteiger partial charge in [0.15, 0.2) is 6.61 Å². The second-order valence-corrected chi connectivity index (χ2v) is 10.6. The monoisotopic (exact) mass is 532 g/mol. The number of aryl methyl sites for hydroxylation is 1. The molecule has 1 atom stereocenters. The molecule has 1 unspecified atom stereocenters. The molecule has 0 spiro atoms. The summed E-state index contributed by atoms with van der Waals surface area (Å²) in [6.07, 6.45) is 5.79. The largest absolute Gasteiger partial charge is 0.483 e. The van der Waals surface area contributed by atoms with Crippen LogP contribution in [0.25, 0.3) is 0 Å². The predicted octanol–water partition coefficient (Wildman–Crippen LogP) is 6.42. The highest BCUT2D eigenvalue weighted by Crippen LogP contribution is 2.23. The van der Waals surface area contributed by atoms with E-state index in [-0.39, 0.29) is 31.0 Å². The molecule has 38 heavy (non-hydrogen) atoms. The number of carbonyl (C=O) groups excluding carboxylic acids is 2. The van der Waals surface area contributed by atoms with Crippen LogP contribution in [0.4, 0.5) is 0 Å². The summed E-state index contributed by atoms with van der Waals surface area (Å²) in [5.41, 5.74) is 3.95. The van der Waals surface area contributed by atoms with Gasteiger partial charge in [0.25, 0.3) is 5.91 Å². The van der Waals surface area contributed by atoms with Crippen molar-refractivity contribution < 1.29 is 14.3 Å². The molecule has 1 fully saturated rings. The molecule has 5 nitrogen and oxygen atoms in total. The molecule has 1 saturated carbocycles. The molecule has 200 valence electrons. The van der Waals surface area contributed by atoms with E-state index in [9.17, 15) is 9.59 Å². The molecule has 0 heterocycles. The first-order valence-corrected chi connectivity index (χ1v) is 13.9. The van der Waals surface area contributed by atoms with Crippen molar-refractivity contribution in [2.75, 3.05) is 6.61 Å². The first-order valence-electron chi connectivity index (χ1n) is 13.5. The Morgan fingerprint density at radius 1 is 0.947 bits per heavy atom. The summed E-state index contributed by atoms with van der Waals surface area (Å²) in [5, 5.41) is 3.85. The molecule has 4 rings (SSSR count). The van der Waals surface area contributed by atoms with Gasteiger partial charge in [0.2, 0.25) is 5.91 Å². The normalized spacial score (nSPS) is 14.5. The number of nitrogens with one attached hydrogen (secondary N) is 1. The third kappa shape index (κ3) is 7.61. The molecule has 0 saturated heterocycles. The summed E-state index contributed by atoms with van der Waals surface area (Å²) >= 11 is 6.27. The fourth-order valence-corrected chi connectivity index (χ4v) is 5.25. The van der Waals surface area contributed by atoms with Crippen LogP contribution in [0.15, 0.2) is 72.8 Å². The predicted molar refractivity (Wildman–Crippen MR) is 152 cm³/mol. The van der Waals surface area contributed by atoms with Crippen LogP contribution >= 0.6 is 11.6 Å². The van der Waals surface area contributed by atoms with E-state index in [4.69, 9.17) is 16.3 Å². The topological polar surface area (TPSA) is 58.6 Å². The summed E-state index contributed by atoms with van der Waals surface area (Å²) in [6.45, 7) is 4.09. The molecule has 3 aromatic rings. The average molecular weight is 533 g/mol. The molecule has 2 amide bonds. The molecule has 1 aliphatic carbocycles. The second kappa shape index (κ2) is 13.5. The Balaban J connectivity index is 1.62. The van der Waals surface area contributed by atoms with E-state index in [1.165, 1.54) is 6.42 Å². The summed E-state index contributed by atoms with van der Waals surface area (Å²) in [5.74, 6) is 0.306. The first-order chi connectivity index (χ1) is 18.4. The Hall–Kier alpha value is -3.31. The van der Waals surface area contributed by atoms with Crippen molar-refractivity contribution in [3.05, 3.63) is 100 Å². The van der Waals surface area contributed by atoms with Gasteiger partial charge in [-0.05, 0) is 67.1 Å². The minimum atomic E-state index is -0.687. The molecule has 0 aliphatic heterocycles. The van der Waals surface area contributed by atoms with E-state index in [1.54, 1.807) is 11.0 Å². The molecule has 1 N–H and O–H groups in total. The lowest BCUT2D eigenvalue weighted by Crippen LogP contribution is -2.53. The number of amides is 2. The number of halogens is 1. The minimum Gasteiger partial charge on any atom is -0.483 e. The van der Waals surface area contributed by atoms with Crippen molar-refractivity contribution in [1.29, 1.82) is 0 Å². The van der Waals surface area contributed by atoms with Crippen LogP contribution in [0.1, 0.15) is 54.4 Å². The number of carbonyl (C=O) groups is 2. The summed E-state index contributed by atoms with van der Waals surface area (Å²) < 4.78 is 6.00. The number of rotatable bonds is 10. The maximum atomic E-state index is 13.8. The van der Waals surface area contributed by atoms with Gasteiger partial charge in [0.1, 0.15) is 11.8 Å². The van der Waals surface area contributed by atoms with Crippen molar-refractivity contribution in [1.82, 2.24) is 10.2 Å². The first kappa shape index (κ1) is 27.7. The van der Waals surface area contributed by atoms with E-state index in [0.29, 0.717) is 17.2 Å². The van der Waals surface area contributed by atoms with Gasteiger partial charge in [-0.3, -0.25) is 9.59 Å². The van der Waals surface area contributed by atoms with Gasteiger partial charge in [-0.25, -0.2) is 0 Å². The molecular formula is C32H37ClN2O3. The number of hydrogen-bond acceptors (Lipinski definition) is 3. The van der Waals surface area contributed by atoms with Crippen LogP contribution in [-0.2, 0) is 22.6 Å². The smallest absolute Gasteiger partial charge is 0.261 e. The van der Waals surface area contributed by atoms with E-state index in [0.717, 1.165) is 47.9 Å². The van der Waals surface area contributed by atoms with Gasteiger partial charge in [-0.1, -0.05) is 85.5 Å². The Kier molecular flexibility index (Phi) is 9.83. The summed E-state index contributed by atoms with van der Waals surface area (Å²) in [6, 6.07) is 22.5. The highest BCUT2D eigenvalue weighted by molar-refractivity contribution is 6.30. The van der Waals surface area contributed by atoms with Crippen LogP contribution in [0.3, 0.4) is 0 Å². The Morgan fingerprint density at radius 3 is 2.39 bits per heavy atom. The quantitative estimate of drug-likeness (QED) is 0.327. The lowest BCUT2D eigenvalue weighted by atomic mass is 9.94. The Labute approximate surface area is 231 Å². The SMILES string of the molecule is Cc1cccc(OCC(=O)N(Cc2cccc(Cl)c2)C(Cc2ccccc2)C(=O)NC2CCCCC2)c1C. The van der Waals surface area contributed by atoms with Crippen molar-refractivity contribution in [3.8, 4) is 5.75 Å². The molecule has 3 aromatic carbocycles. The minimum absolute atomic E-state index is 0.122. The average Bonchev–Trinajstić information content (AvgIpc) is 2.92. The third-order valence-electron chi connectivity index (χ3n) is 7.37. The number of ether oxygens (including phenoxy) is 1. The number of benzene rings is 3. The van der Waals surface area contributed by atoms with Crippen LogP contribution in [0.2, 0.25) is 5.02 Å². The molecule has 0 bridgehead atoms. The highest BCUT2D eigenvalue weighted by Gasteiger charge is 2.32. The van der Waals surface area contributed by atoms with E-state index >= 15 is 0 Å².